The van der Waals surface area contributed by atoms with Crippen LogP contribution in [0.25, 0.3) is 0 Å². The molecule has 0 N–H and O–H groups in total. The highest BCUT2D eigenvalue weighted by molar-refractivity contribution is 5.97. The summed E-state index contributed by atoms with van der Waals surface area (Å²) in [6.45, 7) is 3.92. The summed E-state index contributed by atoms with van der Waals surface area (Å²) in [6, 6.07) is 3.67. The van der Waals surface area contributed by atoms with Gasteiger partial charge in [0.1, 0.15) is 11.5 Å². The van der Waals surface area contributed by atoms with E-state index in [1.54, 1.807) is 0 Å². The Bertz CT molecular complexity index is 577. The minimum atomic E-state index is -4.87. The van der Waals surface area contributed by atoms with E-state index in [2.05, 4.69) is 4.74 Å². The topological polar surface area (TPSA) is 48.0 Å². The highest BCUT2D eigenvalue weighted by Gasteiger charge is 2.35. The molecule has 0 aliphatic carbocycles. The molecule has 1 fully saturated rings. The third-order valence-electron chi connectivity index (χ3n) is 3.77. The number of carbonyl (C=O) groups is 1. The molecule has 1 aliphatic rings. The summed E-state index contributed by atoms with van der Waals surface area (Å²) in [6.07, 6.45) is -4.11. The SMILES string of the molecule is CCOC[C@H]1CCN(C(=O)c2cc(OC)ccc2OC(F)(F)F)C1. The molecule has 1 amide bonds. The van der Waals surface area contributed by atoms with Crippen molar-refractivity contribution in [3.63, 3.8) is 0 Å². The van der Waals surface area contributed by atoms with E-state index in [4.69, 9.17) is 9.47 Å². The number of hydrogen-bond donors (Lipinski definition) is 0. The van der Waals surface area contributed by atoms with E-state index in [0.717, 1.165) is 12.5 Å². The minimum Gasteiger partial charge on any atom is -0.497 e. The normalized spacial score (nSPS) is 17.9. The Labute approximate surface area is 138 Å². The number of methoxy groups -OCH3 is 1. The molecule has 1 saturated heterocycles. The average molecular weight is 347 g/mol. The molecule has 134 valence electrons. The van der Waals surface area contributed by atoms with Crippen molar-refractivity contribution in [1.82, 2.24) is 4.90 Å². The molecule has 5 nitrogen and oxygen atoms in total. The number of likely N-dealkylation sites (tertiary alicyclic amines) is 1. The van der Waals surface area contributed by atoms with E-state index in [-0.39, 0.29) is 17.2 Å². The molecule has 0 saturated carbocycles. The van der Waals surface area contributed by atoms with Crippen LogP contribution in [-0.2, 0) is 4.74 Å². The number of rotatable bonds is 6. The van der Waals surface area contributed by atoms with Gasteiger partial charge in [-0.2, -0.15) is 0 Å². The molecule has 0 aromatic heterocycles. The molecule has 1 heterocycles. The molecule has 0 spiro atoms. The predicted octanol–water partition coefficient (Wildman–Crippen LogP) is 3.09. The second kappa shape index (κ2) is 7.74. The Morgan fingerprint density at radius 3 is 2.75 bits per heavy atom. The lowest BCUT2D eigenvalue weighted by Gasteiger charge is -2.20. The van der Waals surface area contributed by atoms with Crippen LogP contribution >= 0.6 is 0 Å². The molecule has 2 rings (SSSR count). The van der Waals surface area contributed by atoms with Crippen molar-refractivity contribution in [3.8, 4) is 11.5 Å². The Morgan fingerprint density at radius 2 is 2.12 bits per heavy atom. The zero-order chi connectivity index (χ0) is 17.7. The third kappa shape index (κ3) is 4.77. The lowest BCUT2D eigenvalue weighted by atomic mass is 10.1. The van der Waals surface area contributed by atoms with Crippen molar-refractivity contribution in [3.05, 3.63) is 23.8 Å². The Morgan fingerprint density at radius 1 is 1.38 bits per heavy atom. The van der Waals surface area contributed by atoms with Gasteiger partial charge >= 0.3 is 6.36 Å². The number of benzene rings is 1. The zero-order valence-corrected chi connectivity index (χ0v) is 13.6. The number of hydrogen-bond acceptors (Lipinski definition) is 4. The summed E-state index contributed by atoms with van der Waals surface area (Å²) in [5.41, 5.74) is -0.163. The van der Waals surface area contributed by atoms with E-state index in [1.807, 2.05) is 6.92 Å². The van der Waals surface area contributed by atoms with Crippen LogP contribution in [0.5, 0.6) is 11.5 Å². The number of carbonyl (C=O) groups excluding carboxylic acids is 1. The smallest absolute Gasteiger partial charge is 0.497 e. The number of amides is 1. The molecular formula is C16H20F3NO4. The van der Waals surface area contributed by atoms with Crippen molar-refractivity contribution < 1.29 is 32.2 Å². The van der Waals surface area contributed by atoms with Crippen LogP contribution in [0.4, 0.5) is 13.2 Å². The predicted molar refractivity (Wildman–Crippen MR) is 80.2 cm³/mol. The molecule has 0 bridgehead atoms. The summed E-state index contributed by atoms with van der Waals surface area (Å²) >= 11 is 0. The van der Waals surface area contributed by atoms with Gasteiger partial charge in [0.2, 0.25) is 0 Å². The van der Waals surface area contributed by atoms with E-state index in [1.165, 1.54) is 24.1 Å². The van der Waals surface area contributed by atoms with Gasteiger partial charge in [-0.1, -0.05) is 0 Å². The van der Waals surface area contributed by atoms with Crippen LogP contribution in [0.15, 0.2) is 18.2 Å². The van der Waals surface area contributed by atoms with Crippen LogP contribution in [0.3, 0.4) is 0 Å². The minimum absolute atomic E-state index is 0.163. The molecule has 1 atom stereocenters. The van der Waals surface area contributed by atoms with Crippen LogP contribution in [0, 0.1) is 5.92 Å². The summed E-state index contributed by atoms with van der Waals surface area (Å²) in [7, 11) is 1.38. The summed E-state index contributed by atoms with van der Waals surface area (Å²) in [5.74, 6) is -0.557. The standard InChI is InChI=1S/C16H20F3NO4/c1-3-23-10-11-6-7-20(9-11)15(21)13-8-12(22-2)4-5-14(13)24-16(17,18)19/h4-5,8,11H,3,6-7,9-10H2,1-2H3/t11-/m0/s1. The molecule has 0 unspecified atom stereocenters. The van der Waals surface area contributed by atoms with Crippen molar-refractivity contribution in [2.45, 2.75) is 19.7 Å². The fraction of sp³-hybridized carbons (Fsp3) is 0.562. The average Bonchev–Trinajstić information content (AvgIpc) is 3.00. The summed E-state index contributed by atoms with van der Waals surface area (Å²) in [5, 5.41) is 0. The zero-order valence-electron chi connectivity index (χ0n) is 13.6. The van der Waals surface area contributed by atoms with Crippen molar-refractivity contribution >= 4 is 5.91 Å². The summed E-state index contributed by atoms with van der Waals surface area (Å²) < 4.78 is 52.0. The van der Waals surface area contributed by atoms with Gasteiger partial charge in [0.15, 0.2) is 0 Å². The lowest BCUT2D eigenvalue weighted by Crippen LogP contribution is -2.30. The number of alkyl halides is 3. The fourth-order valence-corrected chi connectivity index (χ4v) is 2.62. The molecule has 1 aliphatic heterocycles. The van der Waals surface area contributed by atoms with Crippen LogP contribution in [0.1, 0.15) is 23.7 Å². The molecule has 1 aromatic carbocycles. The maximum Gasteiger partial charge on any atom is 0.573 e. The van der Waals surface area contributed by atoms with Gasteiger partial charge in [0, 0.05) is 25.6 Å². The third-order valence-corrected chi connectivity index (χ3v) is 3.77. The van der Waals surface area contributed by atoms with Crippen LogP contribution in [-0.4, -0.2) is 50.6 Å². The van der Waals surface area contributed by atoms with Gasteiger partial charge < -0.3 is 19.1 Å². The number of ether oxygens (including phenoxy) is 3. The quantitative estimate of drug-likeness (QED) is 0.793. The molecule has 1 aromatic rings. The van der Waals surface area contributed by atoms with Crippen molar-refractivity contribution in [1.29, 1.82) is 0 Å². The maximum atomic E-state index is 12.6. The van der Waals surface area contributed by atoms with Gasteiger partial charge in [0.25, 0.3) is 5.91 Å². The van der Waals surface area contributed by atoms with Crippen LogP contribution in [0.2, 0.25) is 0 Å². The molecule has 8 heteroatoms. The first-order valence-corrected chi connectivity index (χ1v) is 7.64. The van der Waals surface area contributed by atoms with E-state index in [0.29, 0.717) is 26.3 Å². The highest BCUT2D eigenvalue weighted by Crippen LogP contribution is 2.31. The lowest BCUT2D eigenvalue weighted by molar-refractivity contribution is -0.274. The second-order valence-corrected chi connectivity index (χ2v) is 5.48. The molecular weight excluding hydrogens is 327 g/mol. The Balaban J connectivity index is 2.18. The van der Waals surface area contributed by atoms with Crippen LogP contribution < -0.4 is 9.47 Å². The maximum absolute atomic E-state index is 12.6. The van der Waals surface area contributed by atoms with Gasteiger partial charge in [-0.25, -0.2) is 0 Å². The van der Waals surface area contributed by atoms with Gasteiger partial charge in [-0.05, 0) is 31.5 Å². The second-order valence-electron chi connectivity index (χ2n) is 5.48. The Hall–Kier alpha value is -1.96. The number of halogens is 3. The van der Waals surface area contributed by atoms with Crippen molar-refractivity contribution in [2.24, 2.45) is 5.92 Å². The van der Waals surface area contributed by atoms with E-state index in [9.17, 15) is 18.0 Å². The molecule has 0 radical (unpaired) electrons. The largest absolute Gasteiger partial charge is 0.573 e. The number of nitrogens with zero attached hydrogens (tertiary/aromatic N) is 1. The van der Waals surface area contributed by atoms with E-state index < -0.39 is 18.0 Å². The summed E-state index contributed by atoms with van der Waals surface area (Å²) in [4.78, 5) is 14.1. The van der Waals surface area contributed by atoms with Gasteiger partial charge in [0.05, 0.1) is 19.3 Å². The first kappa shape index (κ1) is 18.4. The first-order chi connectivity index (χ1) is 11.3. The highest BCUT2D eigenvalue weighted by atomic mass is 19.4. The fourth-order valence-electron chi connectivity index (χ4n) is 2.62. The van der Waals surface area contributed by atoms with E-state index >= 15 is 0 Å². The first-order valence-electron chi connectivity index (χ1n) is 7.64. The monoisotopic (exact) mass is 347 g/mol. The molecule has 24 heavy (non-hydrogen) atoms. The van der Waals surface area contributed by atoms with Gasteiger partial charge in [-0.3, -0.25) is 4.79 Å². The van der Waals surface area contributed by atoms with Crippen molar-refractivity contribution in [2.75, 3.05) is 33.4 Å². The Kier molecular flexibility index (Phi) is 5.93. The van der Waals surface area contributed by atoms with Gasteiger partial charge in [-0.15, -0.1) is 13.2 Å².